The number of carbonyl (C=O) groups is 2. The number of carbonyl (C=O) groups excluding carboxylic acids is 2. The minimum atomic E-state index is -0.601. The number of nitrogens with zero attached hydrogens (tertiary/aromatic N) is 4. The van der Waals surface area contributed by atoms with Crippen LogP contribution in [0.25, 0.3) is 16.9 Å². The van der Waals surface area contributed by atoms with E-state index in [2.05, 4.69) is 31.4 Å². The highest BCUT2D eigenvalue weighted by atomic mass is 19.1. The summed E-state index contributed by atoms with van der Waals surface area (Å²) in [5.74, 6) is -1.42. The number of H-pyrrole nitrogens is 1. The molecule has 9 nitrogen and oxygen atoms in total. The molecule has 0 saturated heterocycles. The summed E-state index contributed by atoms with van der Waals surface area (Å²) in [5, 5.41) is 14.1. The van der Waals surface area contributed by atoms with Crippen molar-refractivity contribution in [2.75, 3.05) is 0 Å². The molecule has 0 saturated carbocycles. The Morgan fingerprint density at radius 3 is 2.50 bits per heavy atom. The number of hydrazine groups is 1. The van der Waals surface area contributed by atoms with Gasteiger partial charge in [0.25, 0.3) is 5.91 Å². The zero-order chi connectivity index (χ0) is 20.9. The van der Waals surface area contributed by atoms with Crippen molar-refractivity contribution in [1.29, 1.82) is 0 Å². The van der Waals surface area contributed by atoms with E-state index >= 15 is 0 Å². The largest absolute Gasteiger partial charge is 0.291 e. The Morgan fingerprint density at radius 1 is 1.03 bits per heavy atom. The van der Waals surface area contributed by atoms with Crippen LogP contribution in [0.4, 0.5) is 4.39 Å². The molecular formula is C20H16FN7O2. The maximum atomic E-state index is 13.3. The summed E-state index contributed by atoms with van der Waals surface area (Å²) in [6.07, 6.45) is 2.91. The van der Waals surface area contributed by atoms with Gasteiger partial charge in [0.2, 0.25) is 5.91 Å². The van der Waals surface area contributed by atoms with Gasteiger partial charge in [0.15, 0.2) is 5.69 Å². The molecule has 2 amide bonds. The van der Waals surface area contributed by atoms with E-state index in [4.69, 9.17) is 0 Å². The van der Waals surface area contributed by atoms with E-state index in [1.165, 1.54) is 18.3 Å². The van der Waals surface area contributed by atoms with Crippen molar-refractivity contribution < 1.29 is 14.0 Å². The predicted molar refractivity (Wildman–Crippen MR) is 105 cm³/mol. The van der Waals surface area contributed by atoms with Crippen molar-refractivity contribution in [2.24, 2.45) is 0 Å². The Hall–Kier alpha value is -4.34. The van der Waals surface area contributed by atoms with Gasteiger partial charge in [-0.15, -0.1) is 0 Å². The fourth-order valence-electron chi connectivity index (χ4n) is 2.82. The van der Waals surface area contributed by atoms with E-state index in [9.17, 15) is 14.0 Å². The van der Waals surface area contributed by atoms with Crippen LogP contribution in [0.1, 0.15) is 16.1 Å². The third kappa shape index (κ3) is 4.22. The average molecular weight is 405 g/mol. The van der Waals surface area contributed by atoms with E-state index in [0.29, 0.717) is 16.8 Å². The number of aromatic amines is 1. The molecule has 0 aliphatic carbocycles. The Bertz CT molecular complexity index is 1160. The minimum absolute atomic E-state index is 0.0409. The maximum Gasteiger partial charge on any atom is 0.291 e. The van der Waals surface area contributed by atoms with Gasteiger partial charge in [0.05, 0.1) is 24.0 Å². The normalized spacial score (nSPS) is 10.6. The number of halogens is 1. The number of rotatable bonds is 5. The molecule has 0 bridgehead atoms. The minimum Gasteiger partial charge on any atom is -0.273 e. The second-order valence-electron chi connectivity index (χ2n) is 6.32. The second kappa shape index (κ2) is 8.35. The maximum absolute atomic E-state index is 13.3. The highest BCUT2D eigenvalue weighted by Crippen LogP contribution is 2.24. The fourth-order valence-corrected chi connectivity index (χ4v) is 2.82. The molecule has 10 heteroatoms. The molecule has 0 aliphatic rings. The first-order valence-corrected chi connectivity index (χ1v) is 8.95. The van der Waals surface area contributed by atoms with Crippen molar-refractivity contribution in [3.63, 3.8) is 0 Å². The van der Waals surface area contributed by atoms with E-state index in [1.807, 2.05) is 30.3 Å². The van der Waals surface area contributed by atoms with Crippen molar-refractivity contribution in [1.82, 2.24) is 36.0 Å². The number of amides is 2. The lowest BCUT2D eigenvalue weighted by atomic mass is 10.1. The molecule has 2 heterocycles. The smallest absolute Gasteiger partial charge is 0.273 e. The van der Waals surface area contributed by atoms with Gasteiger partial charge in [0, 0.05) is 17.3 Å². The van der Waals surface area contributed by atoms with Crippen molar-refractivity contribution in [2.45, 2.75) is 6.42 Å². The monoisotopic (exact) mass is 405 g/mol. The summed E-state index contributed by atoms with van der Waals surface area (Å²) >= 11 is 0. The molecular weight excluding hydrogens is 389 g/mol. The topological polar surface area (TPSA) is 118 Å². The van der Waals surface area contributed by atoms with Gasteiger partial charge in [-0.1, -0.05) is 18.2 Å². The van der Waals surface area contributed by atoms with Crippen LogP contribution in [0.5, 0.6) is 0 Å². The molecule has 0 radical (unpaired) electrons. The fraction of sp³-hybridized carbons (Fsp3) is 0.0500. The summed E-state index contributed by atoms with van der Waals surface area (Å²) in [6, 6.07) is 15.3. The van der Waals surface area contributed by atoms with Gasteiger partial charge in [-0.05, 0) is 36.4 Å². The standard InChI is InChI=1S/C20H16FN7O2/c21-15-8-6-13(7-9-15)19-14(12-28(26-19)16-4-2-1-3-5-16)10-18(29)24-25-20(30)17-11-22-27-23-17/h1-9,11-12H,10H2,(H,24,29)(H,25,30)(H,22,23,27). The van der Waals surface area contributed by atoms with Crippen LogP contribution in [0.15, 0.2) is 67.0 Å². The Labute approximate surface area is 169 Å². The van der Waals surface area contributed by atoms with E-state index in [0.717, 1.165) is 5.69 Å². The molecule has 30 heavy (non-hydrogen) atoms. The third-order valence-corrected chi connectivity index (χ3v) is 4.24. The quantitative estimate of drug-likeness (QED) is 0.438. The molecule has 0 unspecified atom stereocenters. The zero-order valence-electron chi connectivity index (χ0n) is 15.5. The Kier molecular flexibility index (Phi) is 5.29. The van der Waals surface area contributed by atoms with Crippen molar-refractivity contribution in [3.8, 4) is 16.9 Å². The van der Waals surface area contributed by atoms with Crippen LogP contribution < -0.4 is 10.9 Å². The molecule has 150 valence electrons. The Morgan fingerprint density at radius 2 is 1.80 bits per heavy atom. The number of hydrogen-bond donors (Lipinski definition) is 3. The third-order valence-electron chi connectivity index (χ3n) is 4.24. The lowest BCUT2D eigenvalue weighted by Crippen LogP contribution is -2.42. The van der Waals surface area contributed by atoms with Gasteiger partial charge >= 0.3 is 0 Å². The highest BCUT2D eigenvalue weighted by molar-refractivity contribution is 5.93. The van der Waals surface area contributed by atoms with Gasteiger partial charge in [0.1, 0.15) is 5.82 Å². The van der Waals surface area contributed by atoms with E-state index in [1.54, 1.807) is 23.0 Å². The predicted octanol–water partition coefficient (Wildman–Crippen LogP) is 1.80. The first-order valence-electron chi connectivity index (χ1n) is 8.95. The number of aromatic nitrogens is 5. The molecule has 2 aromatic carbocycles. The summed E-state index contributed by atoms with van der Waals surface area (Å²) < 4.78 is 15.0. The van der Waals surface area contributed by atoms with Crippen LogP contribution in [-0.4, -0.2) is 37.0 Å². The molecule has 4 aromatic rings. The first kappa shape index (κ1) is 19.0. The molecule has 0 fully saturated rings. The highest BCUT2D eigenvalue weighted by Gasteiger charge is 2.17. The molecule has 4 rings (SSSR count). The molecule has 0 atom stereocenters. The number of hydrogen-bond acceptors (Lipinski definition) is 5. The molecule has 2 aromatic heterocycles. The van der Waals surface area contributed by atoms with Gasteiger partial charge < -0.3 is 0 Å². The van der Waals surface area contributed by atoms with E-state index in [-0.39, 0.29) is 17.9 Å². The average Bonchev–Trinajstić information content (AvgIpc) is 3.44. The molecule has 3 N–H and O–H groups in total. The summed E-state index contributed by atoms with van der Waals surface area (Å²) in [4.78, 5) is 24.3. The van der Waals surface area contributed by atoms with Gasteiger partial charge in [-0.2, -0.15) is 20.5 Å². The first-order chi connectivity index (χ1) is 14.6. The zero-order valence-corrected chi connectivity index (χ0v) is 15.5. The molecule has 0 aliphatic heterocycles. The number of nitrogens with one attached hydrogen (secondary N) is 3. The van der Waals surface area contributed by atoms with Crippen LogP contribution >= 0.6 is 0 Å². The van der Waals surface area contributed by atoms with Gasteiger partial charge in [-0.3, -0.25) is 20.4 Å². The SMILES string of the molecule is O=C(Cc1cn(-c2ccccc2)nc1-c1ccc(F)cc1)NNC(=O)c1cn[nH]n1. The van der Waals surface area contributed by atoms with E-state index < -0.39 is 11.8 Å². The van der Waals surface area contributed by atoms with Crippen molar-refractivity contribution >= 4 is 11.8 Å². The van der Waals surface area contributed by atoms with Gasteiger partial charge in [-0.25, -0.2) is 9.07 Å². The van der Waals surface area contributed by atoms with Crippen LogP contribution in [0.3, 0.4) is 0 Å². The summed E-state index contributed by atoms with van der Waals surface area (Å²) in [7, 11) is 0. The lowest BCUT2D eigenvalue weighted by molar-refractivity contribution is -0.121. The van der Waals surface area contributed by atoms with Crippen LogP contribution in [0.2, 0.25) is 0 Å². The molecule has 0 spiro atoms. The summed E-state index contributed by atoms with van der Waals surface area (Å²) in [5.41, 5.74) is 7.28. The van der Waals surface area contributed by atoms with Crippen LogP contribution in [0, 0.1) is 5.82 Å². The van der Waals surface area contributed by atoms with Crippen LogP contribution in [-0.2, 0) is 11.2 Å². The Balaban J connectivity index is 1.56. The van der Waals surface area contributed by atoms with Crippen molar-refractivity contribution in [3.05, 3.63) is 84.1 Å². The lowest BCUT2D eigenvalue weighted by Gasteiger charge is -2.06. The number of benzene rings is 2. The summed E-state index contributed by atoms with van der Waals surface area (Å²) in [6.45, 7) is 0. The number of para-hydroxylation sites is 1. The second-order valence-corrected chi connectivity index (χ2v) is 6.32.